The molecule has 0 aliphatic rings. The summed E-state index contributed by atoms with van der Waals surface area (Å²) in [4.78, 5) is 50.7. The Morgan fingerprint density at radius 3 is 1.73 bits per heavy atom. The van der Waals surface area contributed by atoms with Crippen molar-refractivity contribution in [2.75, 3.05) is 27.3 Å². The topological polar surface area (TPSA) is 161 Å². The molecule has 12 heteroatoms. The summed E-state index contributed by atoms with van der Waals surface area (Å²) >= 11 is 0. The van der Waals surface area contributed by atoms with Crippen LogP contribution < -0.4 is 36.5 Å². The minimum absolute atomic E-state index is 0.00579. The third-order valence-electron chi connectivity index (χ3n) is 7.94. The molecule has 6 N–H and O–H groups in total. The lowest BCUT2D eigenvalue weighted by Gasteiger charge is -2.39. The quantitative estimate of drug-likeness (QED) is 0.115. The molecule has 0 saturated heterocycles. The Morgan fingerprint density at radius 2 is 1.22 bits per heavy atom. The van der Waals surface area contributed by atoms with Crippen LogP contribution in [0.15, 0.2) is 103 Å². The van der Waals surface area contributed by atoms with Gasteiger partial charge in [0.15, 0.2) is 0 Å². The molecule has 0 aliphatic carbocycles. The molecule has 4 rings (SSSR count). The number of nitrogens with one attached hydrogen (secondary N) is 4. The predicted molar refractivity (Wildman–Crippen MR) is 182 cm³/mol. The lowest BCUT2D eigenvalue weighted by atomic mass is 9.76. The maximum Gasteiger partial charge on any atom is 0.243 e. The van der Waals surface area contributed by atoms with Gasteiger partial charge in [0.1, 0.15) is 23.4 Å². The van der Waals surface area contributed by atoms with Crippen LogP contribution >= 0.6 is 0 Å². The van der Waals surface area contributed by atoms with Gasteiger partial charge in [-0.05, 0) is 65.6 Å². The maximum atomic E-state index is 13.6. The summed E-state index contributed by atoms with van der Waals surface area (Å²) in [6.07, 6.45) is 0.00579. The number of nitrogens with two attached hydrogens (primary N) is 1. The molecule has 49 heavy (non-hydrogen) atoms. The van der Waals surface area contributed by atoms with Crippen LogP contribution in [0.5, 0.6) is 11.5 Å². The van der Waals surface area contributed by atoms with Gasteiger partial charge in [0.25, 0.3) is 0 Å². The minimum Gasteiger partial charge on any atom is -0.497 e. The molecular weight excluding hydrogens is 629 g/mol. The van der Waals surface area contributed by atoms with Crippen molar-refractivity contribution in [3.63, 3.8) is 0 Å². The molecule has 0 spiro atoms. The standard InChI is InChI=1S/C37H40FN5O6/c1-24(35(46)41-23-34(45)42-32(36(47)40-22-33(39)44)21-25-9-15-29(38)16-10-25)43-37(26-7-5-4-6-8-26,27-11-17-30(48-2)18-12-27)28-13-19-31(49-3)20-14-28/h4-20,24,32,43H,21-23H2,1-3H3,(H2,39,44)(H,40,47)(H,41,46)(H,42,45)/t24-,32+/m1/s1. The van der Waals surface area contributed by atoms with E-state index < -0.39 is 60.2 Å². The highest BCUT2D eigenvalue weighted by Crippen LogP contribution is 2.38. The van der Waals surface area contributed by atoms with E-state index in [0.29, 0.717) is 17.1 Å². The van der Waals surface area contributed by atoms with Crippen molar-refractivity contribution in [1.82, 2.24) is 21.3 Å². The van der Waals surface area contributed by atoms with Crippen LogP contribution in [0.1, 0.15) is 29.2 Å². The highest BCUT2D eigenvalue weighted by Gasteiger charge is 2.39. The second-order valence-electron chi connectivity index (χ2n) is 11.3. The normalized spacial score (nSPS) is 12.2. The van der Waals surface area contributed by atoms with Crippen molar-refractivity contribution >= 4 is 23.6 Å². The first-order valence-corrected chi connectivity index (χ1v) is 15.6. The average Bonchev–Trinajstić information content (AvgIpc) is 3.12. The van der Waals surface area contributed by atoms with Crippen LogP contribution in [-0.4, -0.2) is 63.0 Å². The molecule has 4 aromatic carbocycles. The SMILES string of the molecule is COc1ccc(C(N[C@H](C)C(=O)NCC(=O)N[C@@H](Cc2ccc(F)cc2)C(=O)NCC(N)=O)(c2ccccc2)c2ccc(OC)cc2)cc1. The summed E-state index contributed by atoms with van der Waals surface area (Å²) in [6, 6.07) is 28.2. The number of benzene rings is 4. The number of methoxy groups -OCH3 is 2. The smallest absolute Gasteiger partial charge is 0.243 e. The fourth-order valence-corrected chi connectivity index (χ4v) is 5.44. The van der Waals surface area contributed by atoms with E-state index in [1.165, 1.54) is 24.3 Å². The second kappa shape index (κ2) is 16.9. The molecule has 0 saturated carbocycles. The lowest BCUT2D eigenvalue weighted by Crippen LogP contribution is -2.55. The highest BCUT2D eigenvalue weighted by molar-refractivity contribution is 5.92. The molecule has 2 atom stereocenters. The Hall–Kier alpha value is -5.75. The molecule has 0 bridgehead atoms. The zero-order chi connectivity index (χ0) is 35.4. The molecule has 4 amide bonds. The monoisotopic (exact) mass is 669 g/mol. The third kappa shape index (κ3) is 9.42. The first kappa shape index (κ1) is 36.1. The van der Waals surface area contributed by atoms with Crippen molar-refractivity contribution in [3.8, 4) is 11.5 Å². The van der Waals surface area contributed by atoms with Crippen LogP contribution in [0.4, 0.5) is 4.39 Å². The number of halogens is 1. The zero-order valence-corrected chi connectivity index (χ0v) is 27.5. The van der Waals surface area contributed by atoms with Gasteiger partial charge in [0.2, 0.25) is 23.6 Å². The Bertz CT molecular complexity index is 1670. The highest BCUT2D eigenvalue weighted by atomic mass is 19.1. The van der Waals surface area contributed by atoms with E-state index in [0.717, 1.165) is 16.7 Å². The average molecular weight is 670 g/mol. The zero-order valence-electron chi connectivity index (χ0n) is 27.5. The molecule has 11 nitrogen and oxygen atoms in total. The number of hydrogen-bond acceptors (Lipinski definition) is 7. The summed E-state index contributed by atoms with van der Waals surface area (Å²) < 4.78 is 24.2. The number of primary amides is 1. The Kier molecular flexibility index (Phi) is 12.4. The largest absolute Gasteiger partial charge is 0.497 e. The Morgan fingerprint density at radius 1 is 0.714 bits per heavy atom. The molecule has 0 aliphatic heterocycles. The first-order valence-electron chi connectivity index (χ1n) is 15.6. The van der Waals surface area contributed by atoms with Crippen molar-refractivity contribution < 1.29 is 33.0 Å². The van der Waals surface area contributed by atoms with Crippen molar-refractivity contribution in [3.05, 3.63) is 131 Å². The number of carbonyl (C=O) groups excluding carboxylic acids is 4. The van der Waals surface area contributed by atoms with E-state index in [-0.39, 0.29) is 6.42 Å². The van der Waals surface area contributed by atoms with Crippen molar-refractivity contribution in [2.24, 2.45) is 5.73 Å². The van der Waals surface area contributed by atoms with Gasteiger partial charge in [-0.15, -0.1) is 0 Å². The molecule has 0 radical (unpaired) electrons. The van der Waals surface area contributed by atoms with Crippen LogP contribution in [-0.2, 0) is 31.1 Å². The van der Waals surface area contributed by atoms with Gasteiger partial charge in [0.05, 0.1) is 38.9 Å². The van der Waals surface area contributed by atoms with Gasteiger partial charge in [-0.2, -0.15) is 0 Å². The number of amides is 4. The van der Waals surface area contributed by atoms with Gasteiger partial charge in [-0.25, -0.2) is 4.39 Å². The second-order valence-corrected chi connectivity index (χ2v) is 11.3. The van der Waals surface area contributed by atoms with E-state index in [9.17, 15) is 23.6 Å². The molecule has 0 fully saturated rings. The molecule has 4 aromatic rings. The Labute approximate surface area is 284 Å². The minimum atomic E-state index is -1.12. The summed E-state index contributed by atoms with van der Waals surface area (Å²) in [5.41, 5.74) is 7.20. The van der Waals surface area contributed by atoms with Crippen LogP contribution in [0.2, 0.25) is 0 Å². The lowest BCUT2D eigenvalue weighted by molar-refractivity contribution is -0.130. The van der Waals surface area contributed by atoms with E-state index in [2.05, 4.69) is 21.3 Å². The molecular formula is C37H40FN5O6. The number of rotatable bonds is 16. The predicted octanol–water partition coefficient (Wildman–Crippen LogP) is 2.56. The first-order chi connectivity index (χ1) is 23.5. The number of hydrogen-bond donors (Lipinski definition) is 5. The van der Waals surface area contributed by atoms with Gasteiger partial charge in [-0.1, -0.05) is 66.7 Å². The van der Waals surface area contributed by atoms with Crippen LogP contribution in [0.25, 0.3) is 0 Å². The summed E-state index contributed by atoms with van der Waals surface area (Å²) in [7, 11) is 3.17. The van der Waals surface area contributed by atoms with Crippen molar-refractivity contribution in [1.29, 1.82) is 0 Å². The van der Waals surface area contributed by atoms with Gasteiger partial charge in [0, 0.05) is 6.42 Å². The summed E-state index contributed by atoms with van der Waals surface area (Å²) in [6.45, 7) is 0.809. The van der Waals surface area contributed by atoms with Gasteiger partial charge < -0.3 is 31.2 Å². The fourth-order valence-electron chi connectivity index (χ4n) is 5.44. The van der Waals surface area contributed by atoms with E-state index in [1.807, 2.05) is 78.9 Å². The van der Waals surface area contributed by atoms with Crippen molar-refractivity contribution in [2.45, 2.75) is 31.0 Å². The van der Waals surface area contributed by atoms with Crippen LogP contribution in [0, 0.1) is 5.82 Å². The maximum absolute atomic E-state index is 13.6. The van der Waals surface area contributed by atoms with E-state index in [1.54, 1.807) is 21.1 Å². The molecule has 256 valence electrons. The fraction of sp³-hybridized carbons (Fsp3) is 0.243. The van der Waals surface area contributed by atoms with E-state index >= 15 is 0 Å². The number of carbonyl (C=O) groups is 4. The van der Waals surface area contributed by atoms with Gasteiger partial charge in [-0.3, -0.25) is 24.5 Å². The van der Waals surface area contributed by atoms with Crippen LogP contribution in [0.3, 0.4) is 0 Å². The summed E-state index contributed by atoms with van der Waals surface area (Å²) in [5.74, 6) is -1.68. The third-order valence-corrected chi connectivity index (χ3v) is 7.94. The van der Waals surface area contributed by atoms with Gasteiger partial charge >= 0.3 is 0 Å². The Balaban J connectivity index is 1.56. The molecule has 0 unspecified atom stereocenters. The van der Waals surface area contributed by atoms with E-state index in [4.69, 9.17) is 15.2 Å². The summed E-state index contributed by atoms with van der Waals surface area (Å²) in [5, 5.41) is 11.2. The molecule has 0 aromatic heterocycles. The molecule has 0 heterocycles. The number of ether oxygens (including phenoxy) is 2.